The van der Waals surface area contributed by atoms with Crippen LogP contribution in [0.3, 0.4) is 0 Å². The van der Waals surface area contributed by atoms with Crippen molar-refractivity contribution in [3.05, 3.63) is 42.7 Å². The molecule has 2 aromatic heterocycles. The Morgan fingerprint density at radius 3 is 3.00 bits per heavy atom. The summed E-state index contributed by atoms with van der Waals surface area (Å²) in [5, 5.41) is 12.8. The number of benzene rings is 1. The Kier molecular flexibility index (Phi) is 2.08. The first kappa shape index (κ1) is 9.52. The SMILES string of the molecule is O=C(Nc1ccccc1)n1cc[n+]2[nH]nnc12. The predicted octanol–water partition coefficient (Wildman–Crippen LogP) is 0.425. The van der Waals surface area contributed by atoms with Crippen molar-refractivity contribution in [2.45, 2.75) is 0 Å². The number of anilines is 1. The van der Waals surface area contributed by atoms with E-state index in [9.17, 15) is 4.79 Å². The number of rotatable bonds is 1. The number of para-hydroxylation sites is 1. The Morgan fingerprint density at radius 1 is 1.35 bits per heavy atom. The van der Waals surface area contributed by atoms with Gasteiger partial charge in [0.1, 0.15) is 11.4 Å². The van der Waals surface area contributed by atoms with Gasteiger partial charge < -0.3 is 0 Å². The van der Waals surface area contributed by atoms with Crippen LogP contribution in [0.2, 0.25) is 0 Å². The molecule has 0 bridgehead atoms. The summed E-state index contributed by atoms with van der Waals surface area (Å²) in [6, 6.07) is 8.94. The number of imidazole rings is 1. The summed E-state index contributed by atoms with van der Waals surface area (Å²) < 4.78 is 2.92. The van der Waals surface area contributed by atoms with Gasteiger partial charge in [-0.25, -0.2) is 4.79 Å². The largest absolute Gasteiger partial charge is 0.419 e. The highest BCUT2D eigenvalue weighted by Gasteiger charge is 2.18. The maximum atomic E-state index is 11.9. The fourth-order valence-electron chi connectivity index (χ4n) is 1.54. The molecular weight excluding hydrogens is 220 g/mol. The van der Waals surface area contributed by atoms with E-state index in [1.807, 2.05) is 30.3 Å². The first-order chi connectivity index (χ1) is 8.34. The molecule has 3 rings (SSSR count). The second kappa shape index (κ2) is 3.71. The van der Waals surface area contributed by atoms with Gasteiger partial charge in [-0.3, -0.25) is 5.32 Å². The Morgan fingerprint density at radius 2 is 2.18 bits per heavy atom. The molecule has 0 fully saturated rings. The summed E-state index contributed by atoms with van der Waals surface area (Å²) >= 11 is 0. The first-order valence-electron chi connectivity index (χ1n) is 5.01. The van der Waals surface area contributed by atoms with Gasteiger partial charge in [-0.1, -0.05) is 23.4 Å². The summed E-state index contributed by atoms with van der Waals surface area (Å²) in [6.45, 7) is 0. The Balaban J connectivity index is 1.91. The summed E-state index contributed by atoms with van der Waals surface area (Å²) in [5.74, 6) is 0.429. The molecule has 0 aliphatic heterocycles. The molecule has 7 nitrogen and oxygen atoms in total. The lowest BCUT2D eigenvalue weighted by molar-refractivity contribution is -0.580. The fourth-order valence-corrected chi connectivity index (χ4v) is 1.54. The molecule has 3 aromatic rings. The zero-order valence-corrected chi connectivity index (χ0v) is 8.74. The van der Waals surface area contributed by atoms with Gasteiger partial charge in [-0.2, -0.15) is 4.57 Å². The maximum Gasteiger partial charge on any atom is 0.419 e. The molecule has 2 N–H and O–H groups in total. The predicted molar refractivity (Wildman–Crippen MR) is 58.4 cm³/mol. The topological polar surface area (TPSA) is 79.7 Å². The smallest absolute Gasteiger partial charge is 0.297 e. The van der Waals surface area contributed by atoms with E-state index in [0.717, 1.165) is 5.69 Å². The molecule has 0 saturated heterocycles. The third-order valence-corrected chi connectivity index (χ3v) is 2.33. The fraction of sp³-hybridized carbons (Fsp3) is 0. The second-order valence-electron chi connectivity index (χ2n) is 3.43. The van der Waals surface area contributed by atoms with Gasteiger partial charge in [0.2, 0.25) is 0 Å². The van der Waals surface area contributed by atoms with E-state index in [4.69, 9.17) is 0 Å². The standard InChI is InChI=1S/C10H8N6O/c17-10(11-8-4-2-1-3-5-8)15-6-7-16-9(15)12-13-14-16/h1-7H,(H,11,17)/p+1. The van der Waals surface area contributed by atoms with Crippen molar-refractivity contribution in [2.75, 3.05) is 5.32 Å². The molecule has 0 unspecified atom stereocenters. The van der Waals surface area contributed by atoms with E-state index in [1.54, 1.807) is 16.9 Å². The van der Waals surface area contributed by atoms with E-state index in [1.165, 1.54) is 4.57 Å². The molecule has 0 aliphatic rings. The summed E-state index contributed by atoms with van der Waals surface area (Å²) in [4.78, 5) is 11.9. The molecule has 1 amide bonds. The molecular formula is C10H9N6O+. The highest BCUT2D eigenvalue weighted by Crippen LogP contribution is 2.06. The van der Waals surface area contributed by atoms with E-state index in [0.29, 0.717) is 5.78 Å². The molecule has 0 radical (unpaired) electrons. The summed E-state index contributed by atoms with van der Waals surface area (Å²) in [7, 11) is 0. The van der Waals surface area contributed by atoms with Crippen LogP contribution in [0.15, 0.2) is 42.7 Å². The van der Waals surface area contributed by atoms with E-state index < -0.39 is 0 Å². The van der Waals surface area contributed by atoms with Crippen LogP contribution >= 0.6 is 0 Å². The number of carbonyl (C=O) groups is 1. The molecule has 2 heterocycles. The quantitative estimate of drug-likeness (QED) is 0.594. The van der Waals surface area contributed by atoms with Crippen LogP contribution in [0.1, 0.15) is 0 Å². The van der Waals surface area contributed by atoms with Crippen molar-refractivity contribution in [2.24, 2.45) is 0 Å². The van der Waals surface area contributed by atoms with Gasteiger partial charge in [0.05, 0.1) is 11.3 Å². The number of H-pyrrole nitrogens is 1. The Bertz CT molecular complexity index is 656. The van der Waals surface area contributed by atoms with Gasteiger partial charge in [0, 0.05) is 5.69 Å². The summed E-state index contributed by atoms with van der Waals surface area (Å²) in [5.41, 5.74) is 0.729. The molecule has 0 spiro atoms. The first-order valence-corrected chi connectivity index (χ1v) is 5.01. The molecule has 0 saturated carbocycles. The molecule has 0 atom stereocenters. The molecule has 84 valence electrons. The lowest BCUT2D eigenvalue weighted by atomic mass is 10.3. The van der Waals surface area contributed by atoms with Crippen LogP contribution in [-0.2, 0) is 0 Å². The van der Waals surface area contributed by atoms with Crippen LogP contribution in [0.5, 0.6) is 0 Å². The minimum atomic E-state index is -0.285. The van der Waals surface area contributed by atoms with Gasteiger partial charge in [0.15, 0.2) is 0 Å². The van der Waals surface area contributed by atoms with Crippen molar-refractivity contribution >= 4 is 17.5 Å². The number of hydrogen-bond acceptors (Lipinski definition) is 3. The third-order valence-electron chi connectivity index (χ3n) is 2.33. The van der Waals surface area contributed by atoms with E-state index in [-0.39, 0.29) is 6.03 Å². The van der Waals surface area contributed by atoms with Crippen LogP contribution in [0.4, 0.5) is 10.5 Å². The number of aromatic amines is 1. The van der Waals surface area contributed by atoms with Crippen LogP contribution < -0.4 is 9.83 Å². The van der Waals surface area contributed by atoms with E-state index in [2.05, 4.69) is 20.8 Å². The average Bonchev–Trinajstić information content (AvgIpc) is 2.91. The van der Waals surface area contributed by atoms with Crippen LogP contribution in [-0.4, -0.2) is 26.1 Å². The average molecular weight is 229 g/mol. The Hall–Kier alpha value is -2.70. The van der Waals surface area contributed by atoms with Crippen molar-refractivity contribution in [3.8, 4) is 0 Å². The van der Waals surface area contributed by atoms with Crippen molar-refractivity contribution in [3.63, 3.8) is 0 Å². The number of aromatic nitrogens is 5. The number of tetrazole rings is 1. The Labute approximate surface area is 95.7 Å². The van der Waals surface area contributed by atoms with Crippen LogP contribution in [0, 0.1) is 0 Å². The number of nitrogens with one attached hydrogen (secondary N) is 2. The second-order valence-corrected chi connectivity index (χ2v) is 3.43. The number of hydrogen-bond donors (Lipinski definition) is 2. The number of fused-ring (bicyclic) bond motifs is 1. The number of amides is 1. The van der Waals surface area contributed by atoms with Gasteiger partial charge in [-0.05, 0) is 12.1 Å². The molecule has 7 heteroatoms. The zero-order valence-electron chi connectivity index (χ0n) is 8.74. The van der Waals surface area contributed by atoms with Crippen molar-refractivity contribution < 1.29 is 9.31 Å². The minimum Gasteiger partial charge on any atom is -0.297 e. The molecule has 17 heavy (non-hydrogen) atoms. The minimum absolute atomic E-state index is 0.285. The molecule has 0 aliphatic carbocycles. The van der Waals surface area contributed by atoms with Gasteiger partial charge in [-0.15, -0.1) is 4.52 Å². The zero-order chi connectivity index (χ0) is 11.7. The highest BCUT2D eigenvalue weighted by atomic mass is 16.2. The third kappa shape index (κ3) is 1.63. The lowest BCUT2D eigenvalue weighted by Crippen LogP contribution is -2.24. The summed E-state index contributed by atoms with van der Waals surface area (Å²) in [6.07, 6.45) is 3.28. The lowest BCUT2D eigenvalue weighted by Gasteiger charge is -2.01. The number of nitrogens with zero attached hydrogens (tertiary/aromatic N) is 4. The van der Waals surface area contributed by atoms with Crippen LogP contribution in [0.25, 0.3) is 5.78 Å². The van der Waals surface area contributed by atoms with Crippen molar-refractivity contribution in [1.82, 2.24) is 20.1 Å². The molecule has 1 aromatic carbocycles. The highest BCUT2D eigenvalue weighted by molar-refractivity contribution is 5.92. The van der Waals surface area contributed by atoms with Gasteiger partial charge >= 0.3 is 11.8 Å². The normalized spacial score (nSPS) is 10.6. The number of carbonyl (C=O) groups excluding carboxylic acids is 1. The van der Waals surface area contributed by atoms with E-state index >= 15 is 0 Å². The van der Waals surface area contributed by atoms with Crippen molar-refractivity contribution in [1.29, 1.82) is 0 Å². The maximum absolute atomic E-state index is 11.9. The monoisotopic (exact) mass is 229 g/mol. The van der Waals surface area contributed by atoms with Gasteiger partial charge in [0.25, 0.3) is 0 Å².